The predicted molar refractivity (Wildman–Crippen MR) is 60.0 cm³/mol. The Morgan fingerprint density at radius 1 is 1.18 bits per heavy atom. The fourth-order valence-electron chi connectivity index (χ4n) is 1.32. The summed E-state index contributed by atoms with van der Waals surface area (Å²) in [6, 6.07) is 12.9. The SMILES string of the molecule is N#CCc1cccc(Oc2ccc(F)cc2)n1. The number of hydrogen-bond acceptors (Lipinski definition) is 3. The molecule has 0 saturated carbocycles. The molecule has 17 heavy (non-hydrogen) atoms. The third-order valence-corrected chi connectivity index (χ3v) is 2.08. The molecular formula is C13H9FN2O. The lowest BCUT2D eigenvalue weighted by Gasteiger charge is -2.05. The molecule has 0 spiro atoms. The molecule has 2 aromatic rings. The molecule has 0 aliphatic heterocycles. The average molecular weight is 228 g/mol. The Labute approximate surface area is 98.1 Å². The van der Waals surface area contributed by atoms with Gasteiger partial charge in [0.25, 0.3) is 0 Å². The lowest BCUT2D eigenvalue weighted by Crippen LogP contribution is -1.92. The summed E-state index contributed by atoms with van der Waals surface area (Å²) in [5.41, 5.74) is 0.645. The Morgan fingerprint density at radius 2 is 1.94 bits per heavy atom. The number of aromatic nitrogens is 1. The molecular weight excluding hydrogens is 219 g/mol. The van der Waals surface area contributed by atoms with Gasteiger partial charge in [-0.2, -0.15) is 5.26 Å². The summed E-state index contributed by atoms with van der Waals surface area (Å²) in [4.78, 5) is 4.14. The first kappa shape index (κ1) is 11.1. The Kier molecular flexibility index (Phi) is 3.31. The van der Waals surface area contributed by atoms with Gasteiger partial charge in [-0.1, -0.05) is 6.07 Å². The molecule has 2 rings (SSSR count). The quantitative estimate of drug-likeness (QED) is 0.810. The largest absolute Gasteiger partial charge is 0.439 e. The van der Waals surface area contributed by atoms with Gasteiger partial charge in [-0.25, -0.2) is 9.37 Å². The van der Waals surface area contributed by atoms with Crippen LogP contribution >= 0.6 is 0 Å². The molecule has 1 aromatic heterocycles. The minimum absolute atomic E-state index is 0.237. The van der Waals surface area contributed by atoms with Crippen LogP contribution in [-0.2, 0) is 6.42 Å². The van der Waals surface area contributed by atoms with Crippen molar-refractivity contribution >= 4 is 0 Å². The summed E-state index contributed by atoms with van der Waals surface area (Å²) in [7, 11) is 0. The standard InChI is InChI=1S/C13H9FN2O/c14-10-4-6-12(7-5-10)17-13-3-1-2-11(16-13)8-9-15/h1-7H,8H2. The number of benzene rings is 1. The van der Waals surface area contributed by atoms with Crippen LogP contribution in [0.4, 0.5) is 4.39 Å². The zero-order valence-electron chi connectivity index (χ0n) is 8.93. The molecule has 0 unspecified atom stereocenters. The predicted octanol–water partition coefficient (Wildman–Crippen LogP) is 3.08. The van der Waals surface area contributed by atoms with E-state index in [-0.39, 0.29) is 12.2 Å². The molecule has 0 atom stereocenters. The van der Waals surface area contributed by atoms with Crippen molar-refractivity contribution in [3.63, 3.8) is 0 Å². The topological polar surface area (TPSA) is 45.9 Å². The van der Waals surface area contributed by atoms with Crippen LogP contribution in [0.3, 0.4) is 0 Å². The average Bonchev–Trinajstić information content (AvgIpc) is 2.33. The Hall–Kier alpha value is -2.41. The van der Waals surface area contributed by atoms with Gasteiger partial charge in [0.05, 0.1) is 18.2 Å². The maximum Gasteiger partial charge on any atom is 0.219 e. The molecule has 0 bridgehead atoms. The van der Waals surface area contributed by atoms with E-state index in [9.17, 15) is 4.39 Å². The van der Waals surface area contributed by atoms with Crippen molar-refractivity contribution in [1.82, 2.24) is 4.98 Å². The van der Waals surface area contributed by atoms with Gasteiger partial charge in [-0.05, 0) is 30.3 Å². The zero-order valence-corrected chi connectivity index (χ0v) is 8.93. The van der Waals surface area contributed by atoms with E-state index >= 15 is 0 Å². The van der Waals surface area contributed by atoms with Crippen molar-refractivity contribution < 1.29 is 9.13 Å². The number of ether oxygens (including phenoxy) is 1. The molecule has 0 aliphatic carbocycles. The van der Waals surface area contributed by atoms with Gasteiger partial charge in [-0.3, -0.25) is 0 Å². The monoisotopic (exact) mass is 228 g/mol. The highest BCUT2D eigenvalue weighted by Gasteiger charge is 2.00. The van der Waals surface area contributed by atoms with Crippen molar-refractivity contribution in [2.24, 2.45) is 0 Å². The van der Waals surface area contributed by atoms with E-state index in [2.05, 4.69) is 4.98 Å². The highest BCUT2D eigenvalue weighted by atomic mass is 19.1. The van der Waals surface area contributed by atoms with E-state index in [1.54, 1.807) is 18.2 Å². The lowest BCUT2D eigenvalue weighted by molar-refractivity contribution is 0.459. The van der Waals surface area contributed by atoms with Gasteiger partial charge >= 0.3 is 0 Å². The fourth-order valence-corrected chi connectivity index (χ4v) is 1.32. The van der Waals surface area contributed by atoms with E-state index in [1.165, 1.54) is 24.3 Å². The molecule has 4 heteroatoms. The van der Waals surface area contributed by atoms with Gasteiger partial charge in [0.15, 0.2) is 0 Å². The summed E-state index contributed by atoms with van der Waals surface area (Å²) in [6.07, 6.45) is 0.237. The van der Waals surface area contributed by atoms with Gasteiger partial charge in [0.2, 0.25) is 5.88 Å². The minimum atomic E-state index is -0.316. The van der Waals surface area contributed by atoms with E-state index in [4.69, 9.17) is 10.00 Å². The van der Waals surface area contributed by atoms with Crippen LogP contribution in [-0.4, -0.2) is 4.98 Å². The van der Waals surface area contributed by atoms with Gasteiger partial charge < -0.3 is 4.74 Å². The molecule has 0 aliphatic rings. The molecule has 0 radical (unpaired) electrons. The van der Waals surface area contributed by atoms with Crippen molar-refractivity contribution in [2.45, 2.75) is 6.42 Å². The van der Waals surface area contributed by atoms with Crippen molar-refractivity contribution in [1.29, 1.82) is 5.26 Å². The maximum atomic E-state index is 12.7. The van der Waals surface area contributed by atoms with E-state index < -0.39 is 0 Å². The number of halogens is 1. The second kappa shape index (κ2) is 5.08. The van der Waals surface area contributed by atoms with Crippen molar-refractivity contribution in [2.75, 3.05) is 0 Å². The Bertz CT molecular complexity index is 546. The van der Waals surface area contributed by atoms with Crippen LogP contribution in [0.25, 0.3) is 0 Å². The lowest BCUT2D eigenvalue weighted by atomic mass is 10.3. The first-order chi connectivity index (χ1) is 8.28. The second-order valence-corrected chi connectivity index (χ2v) is 3.36. The Balaban J connectivity index is 2.16. The van der Waals surface area contributed by atoms with Crippen LogP contribution in [0, 0.1) is 17.1 Å². The molecule has 0 amide bonds. The molecule has 3 nitrogen and oxygen atoms in total. The van der Waals surface area contributed by atoms with Gasteiger partial charge in [0.1, 0.15) is 11.6 Å². The van der Waals surface area contributed by atoms with Gasteiger partial charge in [0, 0.05) is 6.07 Å². The highest BCUT2D eigenvalue weighted by Crippen LogP contribution is 2.19. The normalized spacial score (nSPS) is 9.65. The summed E-state index contributed by atoms with van der Waals surface area (Å²) in [5.74, 6) is 0.584. The van der Waals surface area contributed by atoms with Crippen LogP contribution < -0.4 is 4.74 Å². The number of rotatable bonds is 3. The van der Waals surface area contributed by atoms with E-state index in [1.807, 2.05) is 6.07 Å². The highest BCUT2D eigenvalue weighted by molar-refractivity contribution is 5.28. The van der Waals surface area contributed by atoms with Crippen LogP contribution in [0.2, 0.25) is 0 Å². The molecule has 0 saturated heterocycles. The van der Waals surface area contributed by atoms with Crippen LogP contribution in [0.15, 0.2) is 42.5 Å². The van der Waals surface area contributed by atoms with Gasteiger partial charge in [-0.15, -0.1) is 0 Å². The number of nitriles is 1. The third kappa shape index (κ3) is 3.02. The molecule has 1 heterocycles. The molecule has 0 N–H and O–H groups in total. The van der Waals surface area contributed by atoms with Crippen LogP contribution in [0.5, 0.6) is 11.6 Å². The maximum absolute atomic E-state index is 12.7. The van der Waals surface area contributed by atoms with Crippen molar-refractivity contribution in [3.8, 4) is 17.7 Å². The zero-order chi connectivity index (χ0) is 12.1. The minimum Gasteiger partial charge on any atom is -0.439 e. The Morgan fingerprint density at radius 3 is 2.65 bits per heavy atom. The first-order valence-electron chi connectivity index (χ1n) is 5.04. The fraction of sp³-hybridized carbons (Fsp3) is 0.0769. The number of pyridine rings is 1. The number of hydrogen-bond donors (Lipinski definition) is 0. The van der Waals surface area contributed by atoms with Crippen molar-refractivity contribution in [3.05, 3.63) is 54.0 Å². The third-order valence-electron chi connectivity index (χ3n) is 2.08. The molecule has 84 valence electrons. The smallest absolute Gasteiger partial charge is 0.219 e. The first-order valence-corrected chi connectivity index (χ1v) is 5.04. The number of nitrogens with zero attached hydrogens (tertiary/aromatic N) is 2. The van der Waals surface area contributed by atoms with E-state index in [0.29, 0.717) is 17.3 Å². The second-order valence-electron chi connectivity index (χ2n) is 3.36. The summed E-state index contributed by atoms with van der Waals surface area (Å²) in [5, 5.41) is 8.56. The molecule has 0 fully saturated rings. The molecule has 1 aromatic carbocycles. The summed E-state index contributed by atoms with van der Waals surface area (Å²) in [6.45, 7) is 0. The summed E-state index contributed by atoms with van der Waals surface area (Å²) >= 11 is 0. The van der Waals surface area contributed by atoms with Crippen LogP contribution in [0.1, 0.15) is 5.69 Å². The van der Waals surface area contributed by atoms with E-state index in [0.717, 1.165) is 0 Å². The summed E-state index contributed by atoms with van der Waals surface area (Å²) < 4.78 is 18.1.